The summed E-state index contributed by atoms with van der Waals surface area (Å²) in [6, 6.07) is -1.11. The highest BCUT2D eigenvalue weighted by molar-refractivity contribution is 6.24. The number of amides is 1. The minimum Gasteiger partial charge on any atom is -0.508 e. The number of carbonyl (C=O) groups is 3. The number of aromatic nitrogens is 1. The van der Waals surface area contributed by atoms with Crippen LogP contribution < -0.4 is 10.6 Å². The number of hydrogen-bond donors (Lipinski definition) is 5. The highest BCUT2D eigenvalue weighted by Crippen LogP contribution is 2.53. The van der Waals surface area contributed by atoms with Gasteiger partial charge in [-0.1, -0.05) is 0 Å². The maximum atomic E-state index is 13.7. The van der Waals surface area contributed by atoms with Gasteiger partial charge in [0.15, 0.2) is 11.4 Å². The van der Waals surface area contributed by atoms with Crippen molar-refractivity contribution >= 4 is 29.1 Å². The molecule has 1 aromatic rings. The first-order chi connectivity index (χ1) is 15.3. The number of anilines is 1. The Morgan fingerprint density at radius 1 is 1.18 bits per heavy atom. The molecule has 0 aliphatic heterocycles. The summed E-state index contributed by atoms with van der Waals surface area (Å²) in [6.45, 7) is 0. The maximum Gasteiger partial charge on any atom is 0.255 e. The SMILES string of the molecule is CN(C)c1ncc(O)c2c1C[C@H]1C[C@H]3[C@H](N(C)C)C(=O)C(C(N)=O)=C(O)[C@@]3(O)C(=O)C1=C2O. The molecule has 11 nitrogen and oxygen atoms in total. The van der Waals surface area contributed by atoms with Gasteiger partial charge in [0.05, 0.1) is 17.8 Å². The first kappa shape index (κ1) is 22.7. The minimum atomic E-state index is -2.64. The van der Waals surface area contributed by atoms with Crippen LogP contribution in [0, 0.1) is 11.8 Å². The van der Waals surface area contributed by atoms with E-state index < -0.39 is 58.0 Å². The van der Waals surface area contributed by atoms with E-state index in [1.165, 1.54) is 4.90 Å². The third-order valence-electron chi connectivity index (χ3n) is 6.87. The summed E-state index contributed by atoms with van der Waals surface area (Å²) in [7, 11) is 6.60. The van der Waals surface area contributed by atoms with Gasteiger partial charge in [0.1, 0.15) is 28.7 Å². The minimum absolute atomic E-state index is 0.0185. The standard InChI is InChI=1S/C22H26N4O7/c1-25(2)15-10-6-8-5-9-13(11(27)7-24-21(9)26(3)4)16(28)12(8)18(30)22(10,33)19(31)14(17(15)29)20(23)32/h7-8,10,15,27-28,31,33H,5-6H2,1-4H3,(H2,23,32)/t8-,10-,15-,22-/m0/s1. The number of rotatable bonds is 3. The molecule has 4 atom stereocenters. The molecule has 0 saturated heterocycles. The summed E-state index contributed by atoms with van der Waals surface area (Å²) >= 11 is 0. The van der Waals surface area contributed by atoms with Crippen LogP contribution in [-0.2, 0) is 20.8 Å². The Hall–Kier alpha value is -3.44. The monoisotopic (exact) mass is 458 g/mol. The van der Waals surface area contributed by atoms with E-state index in [9.17, 15) is 34.8 Å². The molecule has 0 spiro atoms. The highest BCUT2D eigenvalue weighted by Gasteiger charge is 2.64. The van der Waals surface area contributed by atoms with E-state index in [4.69, 9.17) is 5.73 Å². The van der Waals surface area contributed by atoms with E-state index in [0.717, 1.165) is 6.20 Å². The largest absolute Gasteiger partial charge is 0.508 e. The Kier molecular flexibility index (Phi) is 5.02. The molecule has 1 amide bonds. The fraction of sp³-hybridized carbons (Fsp3) is 0.455. The number of aromatic hydroxyl groups is 1. The molecule has 6 N–H and O–H groups in total. The van der Waals surface area contributed by atoms with Crippen LogP contribution in [0.15, 0.2) is 23.1 Å². The molecule has 1 fully saturated rings. The van der Waals surface area contributed by atoms with Crippen LogP contribution in [0.25, 0.3) is 5.76 Å². The lowest BCUT2D eigenvalue weighted by Crippen LogP contribution is -2.65. The van der Waals surface area contributed by atoms with E-state index in [1.54, 1.807) is 33.1 Å². The second-order valence-corrected chi connectivity index (χ2v) is 9.18. The van der Waals surface area contributed by atoms with Crippen LogP contribution in [-0.4, -0.2) is 87.6 Å². The van der Waals surface area contributed by atoms with Gasteiger partial charge in [-0.2, -0.15) is 0 Å². The molecule has 1 aromatic heterocycles. The van der Waals surface area contributed by atoms with E-state index >= 15 is 0 Å². The Bertz CT molecular complexity index is 1170. The van der Waals surface area contributed by atoms with Gasteiger partial charge in [-0.3, -0.25) is 19.3 Å². The molecule has 11 heteroatoms. The van der Waals surface area contributed by atoms with Gasteiger partial charge >= 0.3 is 0 Å². The first-order valence-corrected chi connectivity index (χ1v) is 10.4. The Morgan fingerprint density at radius 2 is 1.82 bits per heavy atom. The Balaban J connectivity index is 1.99. The number of nitrogens with two attached hydrogens (primary N) is 1. The zero-order valence-electron chi connectivity index (χ0n) is 18.7. The average molecular weight is 458 g/mol. The molecule has 0 aromatic carbocycles. The fourth-order valence-electron chi connectivity index (χ4n) is 5.51. The highest BCUT2D eigenvalue weighted by atomic mass is 16.3. The number of carbonyl (C=O) groups excluding carboxylic acids is 3. The molecule has 3 aliphatic carbocycles. The number of aliphatic hydroxyl groups excluding tert-OH is 2. The lowest BCUT2D eigenvalue weighted by Gasteiger charge is -2.50. The molecule has 3 aliphatic rings. The molecule has 176 valence electrons. The number of Topliss-reactive ketones (excluding diaryl/α,β-unsaturated/α-hetero) is 2. The van der Waals surface area contributed by atoms with Crippen molar-refractivity contribution in [2.45, 2.75) is 24.5 Å². The van der Waals surface area contributed by atoms with E-state index in [2.05, 4.69) is 4.98 Å². The van der Waals surface area contributed by atoms with Gasteiger partial charge in [0, 0.05) is 31.1 Å². The van der Waals surface area contributed by atoms with Crippen molar-refractivity contribution in [2.24, 2.45) is 17.6 Å². The number of likely N-dealkylation sites (N-methyl/N-ethyl adjacent to an activating group) is 1. The van der Waals surface area contributed by atoms with E-state index in [0.29, 0.717) is 11.4 Å². The van der Waals surface area contributed by atoms with Crippen LogP contribution in [0.5, 0.6) is 5.75 Å². The van der Waals surface area contributed by atoms with Gasteiger partial charge in [0.2, 0.25) is 5.78 Å². The first-order valence-electron chi connectivity index (χ1n) is 10.4. The zero-order chi connectivity index (χ0) is 24.6. The topological polar surface area (TPSA) is 178 Å². The van der Waals surface area contributed by atoms with Crippen molar-refractivity contribution in [2.75, 3.05) is 33.1 Å². The summed E-state index contributed by atoms with van der Waals surface area (Å²) in [5, 5.41) is 43.8. The van der Waals surface area contributed by atoms with Crippen molar-refractivity contribution in [3.63, 3.8) is 0 Å². The number of nitrogens with zero attached hydrogens (tertiary/aromatic N) is 3. The normalized spacial score (nSPS) is 29.1. The lowest BCUT2D eigenvalue weighted by atomic mass is 9.57. The van der Waals surface area contributed by atoms with Crippen LogP contribution in [0.1, 0.15) is 17.5 Å². The van der Waals surface area contributed by atoms with Crippen LogP contribution in [0.2, 0.25) is 0 Å². The molecule has 1 saturated carbocycles. The van der Waals surface area contributed by atoms with Crippen molar-refractivity contribution in [3.8, 4) is 5.75 Å². The number of hydrogen-bond acceptors (Lipinski definition) is 10. The summed E-state index contributed by atoms with van der Waals surface area (Å²) < 4.78 is 0. The molecule has 1 heterocycles. The second-order valence-electron chi connectivity index (χ2n) is 9.18. The van der Waals surface area contributed by atoms with Gasteiger partial charge < -0.3 is 31.1 Å². The zero-order valence-corrected chi connectivity index (χ0v) is 18.7. The van der Waals surface area contributed by atoms with Crippen LogP contribution in [0.4, 0.5) is 5.82 Å². The second kappa shape index (κ2) is 7.29. The lowest BCUT2D eigenvalue weighted by molar-refractivity contribution is -0.153. The van der Waals surface area contributed by atoms with Gasteiger partial charge in [0.25, 0.3) is 5.91 Å². The molecule has 0 bridgehead atoms. The van der Waals surface area contributed by atoms with Crippen molar-refractivity contribution in [1.82, 2.24) is 9.88 Å². The van der Waals surface area contributed by atoms with Gasteiger partial charge in [-0.05, 0) is 32.9 Å². The number of fused-ring (bicyclic) bond motifs is 3. The third kappa shape index (κ3) is 2.89. The molecule has 0 radical (unpaired) electrons. The Morgan fingerprint density at radius 3 is 2.36 bits per heavy atom. The predicted octanol–water partition coefficient (Wildman–Crippen LogP) is -0.575. The van der Waals surface area contributed by atoms with Crippen molar-refractivity contribution < 1.29 is 34.8 Å². The van der Waals surface area contributed by atoms with Gasteiger partial charge in [-0.25, -0.2) is 4.98 Å². The van der Waals surface area contributed by atoms with Gasteiger partial charge in [-0.15, -0.1) is 0 Å². The van der Waals surface area contributed by atoms with Crippen LogP contribution >= 0.6 is 0 Å². The molecule has 0 unspecified atom stereocenters. The average Bonchev–Trinajstić information content (AvgIpc) is 2.70. The maximum absolute atomic E-state index is 13.7. The Labute approximate surface area is 189 Å². The van der Waals surface area contributed by atoms with Crippen molar-refractivity contribution in [3.05, 3.63) is 34.2 Å². The molecular weight excluding hydrogens is 432 g/mol. The number of ketones is 2. The summed E-state index contributed by atoms with van der Waals surface area (Å²) in [5.41, 5.74) is 2.17. The molecule has 33 heavy (non-hydrogen) atoms. The number of pyridine rings is 1. The fourth-order valence-corrected chi connectivity index (χ4v) is 5.51. The van der Waals surface area contributed by atoms with E-state index in [1.807, 2.05) is 0 Å². The summed E-state index contributed by atoms with van der Waals surface area (Å²) in [4.78, 5) is 46.1. The number of primary amides is 1. The smallest absolute Gasteiger partial charge is 0.255 e. The predicted molar refractivity (Wildman–Crippen MR) is 116 cm³/mol. The van der Waals surface area contributed by atoms with Crippen molar-refractivity contribution in [1.29, 1.82) is 0 Å². The van der Waals surface area contributed by atoms with E-state index in [-0.39, 0.29) is 29.7 Å². The third-order valence-corrected chi connectivity index (χ3v) is 6.87. The molecular formula is C22H26N4O7. The number of aliphatic hydroxyl groups is 3. The molecule has 4 rings (SSSR count). The quantitative estimate of drug-likeness (QED) is 0.368. The summed E-state index contributed by atoms with van der Waals surface area (Å²) in [6.07, 6.45) is 1.39. The summed E-state index contributed by atoms with van der Waals surface area (Å²) in [5.74, 6) is -6.31. The van der Waals surface area contributed by atoms with Crippen LogP contribution in [0.3, 0.4) is 0 Å².